The fourth-order valence-electron chi connectivity index (χ4n) is 2.76. The summed E-state index contributed by atoms with van der Waals surface area (Å²) in [5.74, 6) is 0.0932. The van der Waals surface area contributed by atoms with Crippen molar-refractivity contribution in [2.45, 2.75) is 13.8 Å². The van der Waals surface area contributed by atoms with Gasteiger partial charge in [-0.25, -0.2) is 0 Å². The molecule has 3 aromatic rings. The van der Waals surface area contributed by atoms with Gasteiger partial charge in [0.05, 0.1) is 0 Å². The maximum atomic E-state index is 13.2. The summed E-state index contributed by atoms with van der Waals surface area (Å²) in [7, 11) is 0. The molecule has 0 aliphatic carbocycles. The van der Waals surface area contributed by atoms with Gasteiger partial charge in [0.25, 0.3) is 5.91 Å². The van der Waals surface area contributed by atoms with Gasteiger partial charge in [-0.1, -0.05) is 17.7 Å². The third-order valence-electron chi connectivity index (χ3n) is 4.03. The van der Waals surface area contributed by atoms with Gasteiger partial charge in [0.1, 0.15) is 11.5 Å². The molecule has 0 aliphatic rings. The Morgan fingerprint density at radius 3 is 1.68 bits per heavy atom. The molecule has 3 aromatic carbocycles. The highest BCUT2D eigenvalue weighted by Crippen LogP contribution is 2.30. The van der Waals surface area contributed by atoms with E-state index in [1.165, 1.54) is 24.3 Å². The van der Waals surface area contributed by atoms with Crippen LogP contribution in [0.25, 0.3) is 0 Å². The first-order valence-electron chi connectivity index (χ1n) is 7.95. The lowest BCUT2D eigenvalue weighted by Gasteiger charge is -2.24. The number of aryl methyl sites for hydroxylation is 2. The summed E-state index contributed by atoms with van der Waals surface area (Å²) in [6, 6.07) is 18.6. The number of hydrogen-bond acceptors (Lipinski definition) is 3. The first kappa shape index (κ1) is 16.6. The molecule has 4 nitrogen and oxygen atoms in total. The fourth-order valence-corrected chi connectivity index (χ4v) is 2.76. The van der Waals surface area contributed by atoms with E-state index in [1.54, 1.807) is 29.2 Å². The van der Waals surface area contributed by atoms with E-state index in [9.17, 15) is 15.0 Å². The number of anilines is 2. The fraction of sp³-hybridized carbons (Fsp3) is 0.0952. The van der Waals surface area contributed by atoms with Crippen LogP contribution in [0, 0.1) is 13.8 Å². The quantitative estimate of drug-likeness (QED) is 0.731. The molecule has 25 heavy (non-hydrogen) atoms. The number of benzene rings is 3. The molecule has 0 saturated heterocycles. The predicted octanol–water partition coefficient (Wildman–Crippen LogP) is 4.69. The zero-order valence-electron chi connectivity index (χ0n) is 14.1. The van der Waals surface area contributed by atoms with Crippen LogP contribution in [0.5, 0.6) is 11.5 Å². The summed E-state index contributed by atoms with van der Waals surface area (Å²) in [6.45, 7) is 3.89. The molecule has 1 amide bonds. The van der Waals surface area contributed by atoms with Crippen molar-refractivity contribution in [2.75, 3.05) is 4.90 Å². The molecule has 0 aliphatic heterocycles. The molecule has 0 aromatic heterocycles. The van der Waals surface area contributed by atoms with Crippen molar-refractivity contribution in [3.05, 3.63) is 83.4 Å². The van der Waals surface area contributed by atoms with Gasteiger partial charge in [-0.2, -0.15) is 0 Å². The summed E-state index contributed by atoms with van der Waals surface area (Å²) >= 11 is 0. The highest BCUT2D eigenvalue weighted by atomic mass is 16.3. The Balaban J connectivity index is 2.11. The molecular formula is C21H19NO3. The number of nitrogens with zero attached hydrogens (tertiary/aromatic N) is 1. The number of carbonyl (C=O) groups excluding carboxylic acids is 1. The average molecular weight is 333 g/mol. The van der Waals surface area contributed by atoms with Crippen molar-refractivity contribution in [3.8, 4) is 11.5 Å². The van der Waals surface area contributed by atoms with Gasteiger partial charge in [-0.3, -0.25) is 9.69 Å². The zero-order chi connectivity index (χ0) is 18.0. The molecule has 0 unspecified atom stereocenters. The summed E-state index contributed by atoms with van der Waals surface area (Å²) in [6.07, 6.45) is 0. The lowest BCUT2D eigenvalue weighted by molar-refractivity contribution is 0.0998. The molecule has 0 heterocycles. The Bertz CT molecular complexity index is 854. The number of amides is 1. The maximum absolute atomic E-state index is 13.2. The Labute approximate surface area is 146 Å². The highest BCUT2D eigenvalue weighted by molar-refractivity contribution is 6.11. The van der Waals surface area contributed by atoms with Crippen LogP contribution in [0.4, 0.5) is 11.4 Å². The Morgan fingerprint density at radius 1 is 0.760 bits per heavy atom. The molecule has 126 valence electrons. The number of rotatable bonds is 3. The Morgan fingerprint density at radius 2 is 1.24 bits per heavy atom. The molecule has 3 rings (SSSR count). The van der Waals surface area contributed by atoms with Crippen molar-refractivity contribution in [3.63, 3.8) is 0 Å². The zero-order valence-corrected chi connectivity index (χ0v) is 14.1. The third kappa shape index (κ3) is 3.48. The van der Waals surface area contributed by atoms with Crippen LogP contribution in [0.15, 0.2) is 66.7 Å². The second-order valence-electron chi connectivity index (χ2n) is 5.99. The van der Waals surface area contributed by atoms with Gasteiger partial charge in [-0.05, 0) is 74.0 Å². The van der Waals surface area contributed by atoms with Crippen molar-refractivity contribution >= 4 is 17.3 Å². The maximum Gasteiger partial charge on any atom is 0.263 e. The van der Waals surface area contributed by atoms with Gasteiger partial charge in [0, 0.05) is 16.9 Å². The standard InChI is InChI=1S/C21H19NO3/c1-14-3-12-20(15(2)13-14)21(25)22(16-4-8-18(23)9-5-16)17-6-10-19(24)11-7-17/h3-13,23-24H,1-2H3. The molecular weight excluding hydrogens is 314 g/mol. The van der Waals surface area contributed by atoms with Crippen LogP contribution in [-0.4, -0.2) is 16.1 Å². The van der Waals surface area contributed by atoms with E-state index < -0.39 is 0 Å². The lowest BCUT2D eigenvalue weighted by atomic mass is 10.0. The molecule has 0 bridgehead atoms. The van der Waals surface area contributed by atoms with E-state index in [4.69, 9.17) is 0 Å². The molecule has 4 heteroatoms. The predicted molar refractivity (Wildman–Crippen MR) is 98.6 cm³/mol. The molecule has 0 saturated carbocycles. The topological polar surface area (TPSA) is 60.8 Å². The smallest absolute Gasteiger partial charge is 0.263 e. The van der Waals surface area contributed by atoms with Crippen LogP contribution in [-0.2, 0) is 0 Å². The van der Waals surface area contributed by atoms with E-state index in [-0.39, 0.29) is 17.4 Å². The number of carbonyl (C=O) groups is 1. The van der Waals surface area contributed by atoms with Crippen molar-refractivity contribution < 1.29 is 15.0 Å². The largest absolute Gasteiger partial charge is 0.508 e. The molecule has 0 atom stereocenters. The van der Waals surface area contributed by atoms with Gasteiger partial charge >= 0.3 is 0 Å². The Kier molecular flexibility index (Phi) is 4.44. The van der Waals surface area contributed by atoms with E-state index in [0.717, 1.165) is 11.1 Å². The molecule has 0 spiro atoms. The minimum atomic E-state index is -0.172. The lowest BCUT2D eigenvalue weighted by Crippen LogP contribution is -2.26. The molecule has 2 N–H and O–H groups in total. The van der Waals surface area contributed by atoms with Crippen molar-refractivity contribution in [2.24, 2.45) is 0 Å². The van der Waals surface area contributed by atoms with Crippen molar-refractivity contribution in [1.29, 1.82) is 0 Å². The van der Waals surface area contributed by atoms with Crippen LogP contribution in [0.1, 0.15) is 21.5 Å². The van der Waals surface area contributed by atoms with Crippen LogP contribution in [0.2, 0.25) is 0 Å². The van der Waals surface area contributed by atoms with Gasteiger partial charge in [-0.15, -0.1) is 0 Å². The summed E-state index contributed by atoms with van der Waals surface area (Å²) in [5, 5.41) is 19.1. The first-order valence-corrected chi connectivity index (χ1v) is 7.95. The Hall–Kier alpha value is -3.27. The number of phenols is 2. The number of hydrogen-bond donors (Lipinski definition) is 2. The second-order valence-corrected chi connectivity index (χ2v) is 5.99. The molecule has 0 radical (unpaired) electrons. The summed E-state index contributed by atoms with van der Waals surface area (Å²) < 4.78 is 0. The van der Waals surface area contributed by atoms with E-state index in [1.807, 2.05) is 32.0 Å². The summed E-state index contributed by atoms with van der Waals surface area (Å²) in [4.78, 5) is 14.8. The number of aromatic hydroxyl groups is 2. The first-order chi connectivity index (χ1) is 12.0. The molecule has 0 fully saturated rings. The monoisotopic (exact) mass is 333 g/mol. The SMILES string of the molecule is Cc1ccc(C(=O)N(c2ccc(O)cc2)c2ccc(O)cc2)c(C)c1. The van der Waals surface area contributed by atoms with Gasteiger partial charge in [0.15, 0.2) is 0 Å². The minimum absolute atomic E-state index is 0.133. The van der Waals surface area contributed by atoms with Gasteiger partial charge < -0.3 is 10.2 Å². The third-order valence-corrected chi connectivity index (χ3v) is 4.03. The number of phenolic OH excluding ortho intramolecular Hbond substituents is 2. The van der Waals surface area contributed by atoms with Crippen LogP contribution < -0.4 is 4.90 Å². The normalized spacial score (nSPS) is 10.5. The second kappa shape index (κ2) is 6.69. The summed E-state index contributed by atoms with van der Waals surface area (Å²) in [5.41, 5.74) is 3.86. The minimum Gasteiger partial charge on any atom is -0.508 e. The average Bonchev–Trinajstić information content (AvgIpc) is 2.58. The van der Waals surface area contributed by atoms with E-state index >= 15 is 0 Å². The van der Waals surface area contributed by atoms with E-state index in [0.29, 0.717) is 16.9 Å². The van der Waals surface area contributed by atoms with E-state index in [2.05, 4.69) is 0 Å². The van der Waals surface area contributed by atoms with Gasteiger partial charge in [0.2, 0.25) is 0 Å². The van der Waals surface area contributed by atoms with Crippen LogP contribution in [0.3, 0.4) is 0 Å². The van der Waals surface area contributed by atoms with Crippen LogP contribution >= 0.6 is 0 Å². The highest BCUT2D eigenvalue weighted by Gasteiger charge is 2.21. The van der Waals surface area contributed by atoms with Crippen molar-refractivity contribution in [1.82, 2.24) is 0 Å².